The Balaban J connectivity index is 2.83. The van der Waals surface area contributed by atoms with Gasteiger partial charge in [0.05, 0.1) is 0 Å². The van der Waals surface area contributed by atoms with Gasteiger partial charge in [-0.15, -0.1) is 0 Å². The quantitative estimate of drug-likeness (QED) is 0.840. The minimum atomic E-state index is -0.170. The number of hydrogen-bond acceptors (Lipinski definition) is 2. The second kappa shape index (κ2) is 7.07. The molecule has 1 N–H and O–H groups in total. The van der Waals surface area contributed by atoms with E-state index in [1.807, 2.05) is 6.07 Å². The fraction of sp³-hybridized carbons (Fsp3) is 0.647. The third-order valence-corrected chi connectivity index (χ3v) is 3.30. The van der Waals surface area contributed by atoms with Crippen LogP contribution in [-0.2, 0) is 6.54 Å². The molecule has 0 aliphatic rings. The van der Waals surface area contributed by atoms with E-state index < -0.39 is 0 Å². The predicted molar refractivity (Wildman–Crippen MR) is 85.7 cm³/mol. The van der Waals surface area contributed by atoms with Gasteiger partial charge in [-0.25, -0.2) is 4.39 Å². The first-order chi connectivity index (χ1) is 9.19. The molecule has 0 aliphatic heterocycles. The van der Waals surface area contributed by atoms with Crippen molar-refractivity contribution in [2.24, 2.45) is 5.92 Å². The second-order valence-corrected chi connectivity index (χ2v) is 6.98. The highest BCUT2D eigenvalue weighted by atomic mass is 19.1. The predicted octanol–water partition coefficient (Wildman–Crippen LogP) is 4.20. The lowest BCUT2D eigenvalue weighted by atomic mass is 10.1. The third-order valence-electron chi connectivity index (χ3n) is 3.30. The van der Waals surface area contributed by atoms with Gasteiger partial charge >= 0.3 is 0 Å². The van der Waals surface area contributed by atoms with Crippen molar-refractivity contribution in [2.75, 3.05) is 18.5 Å². The molecule has 0 atom stereocenters. The summed E-state index contributed by atoms with van der Waals surface area (Å²) in [5.74, 6) is 0.505. The van der Waals surface area contributed by atoms with Crippen LogP contribution >= 0.6 is 0 Å². The Morgan fingerprint density at radius 1 is 1.25 bits per heavy atom. The average Bonchev–Trinajstić information content (AvgIpc) is 2.32. The minimum absolute atomic E-state index is 0.0279. The largest absolute Gasteiger partial charge is 0.374 e. The van der Waals surface area contributed by atoms with Crippen LogP contribution in [0.25, 0.3) is 0 Å². The van der Waals surface area contributed by atoms with E-state index in [0.29, 0.717) is 12.5 Å². The van der Waals surface area contributed by atoms with E-state index in [0.717, 1.165) is 24.2 Å². The number of hydrogen-bond donors (Lipinski definition) is 1. The molecule has 20 heavy (non-hydrogen) atoms. The number of nitrogens with zero attached hydrogens (tertiary/aromatic N) is 1. The van der Waals surface area contributed by atoms with Crippen LogP contribution in [0.2, 0.25) is 0 Å². The summed E-state index contributed by atoms with van der Waals surface area (Å²) >= 11 is 0. The first-order valence-corrected chi connectivity index (χ1v) is 7.43. The zero-order valence-electron chi connectivity index (χ0n) is 13.8. The maximum Gasteiger partial charge on any atom is 0.123 e. The number of halogens is 1. The molecule has 0 amide bonds. The summed E-state index contributed by atoms with van der Waals surface area (Å²) in [6.45, 7) is 12.5. The second-order valence-electron chi connectivity index (χ2n) is 6.98. The van der Waals surface area contributed by atoms with Crippen molar-refractivity contribution < 1.29 is 4.39 Å². The van der Waals surface area contributed by atoms with Gasteiger partial charge in [-0.3, -0.25) is 0 Å². The summed E-state index contributed by atoms with van der Waals surface area (Å²) in [6.07, 6.45) is 1.14. The molecule has 0 aliphatic carbocycles. The average molecular weight is 280 g/mol. The minimum Gasteiger partial charge on any atom is -0.374 e. The molecule has 0 fully saturated rings. The van der Waals surface area contributed by atoms with Crippen LogP contribution < -0.4 is 10.2 Å². The topological polar surface area (TPSA) is 15.3 Å². The Hall–Kier alpha value is -1.09. The van der Waals surface area contributed by atoms with E-state index in [-0.39, 0.29) is 11.4 Å². The van der Waals surface area contributed by atoms with E-state index in [2.05, 4.69) is 51.9 Å². The van der Waals surface area contributed by atoms with Crippen LogP contribution in [0.1, 0.15) is 46.6 Å². The van der Waals surface area contributed by atoms with Crippen molar-refractivity contribution in [3.63, 3.8) is 0 Å². The van der Waals surface area contributed by atoms with E-state index in [4.69, 9.17) is 0 Å². The Bertz CT molecular complexity index is 421. The Morgan fingerprint density at radius 2 is 1.90 bits per heavy atom. The molecule has 2 nitrogen and oxygen atoms in total. The van der Waals surface area contributed by atoms with E-state index in [1.54, 1.807) is 12.1 Å². The maximum atomic E-state index is 13.5. The van der Waals surface area contributed by atoms with Crippen LogP contribution in [-0.4, -0.2) is 19.1 Å². The lowest BCUT2D eigenvalue weighted by molar-refractivity contribution is 0.423. The third kappa shape index (κ3) is 5.91. The SMILES string of the molecule is CC(C)CCN(C)c1ccc(F)cc1CNC(C)(C)C. The van der Waals surface area contributed by atoms with Gasteiger partial charge in [-0.05, 0) is 56.9 Å². The summed E-state index contributed by atoms with van der Waals surface area (Å²) in [6, 6.07) is 5.07. The highest BCUT2D eigenvalue weighted by Crippen LogP contribution is 2.22. The Kier molecular flexibility index (Phi) is 6.00. The van der Waals surface area contributed by atoms with Crippen molar-refractivity contribution in [3.8, 4) is 0 Å². The summed E-state index contributed by atoms with van der Waals surface area (Å²) in [4.78, 5) is 2.22. The van der Waals surface area contributed by atoms with Gasteiger partial charge < -0.3 is 10.2 Å². The fourth-order valence-corrected chi connectivity index (χ4v) is 2.00. The molecule has 0 heterocycles. The van der Waals surface area contributed by atoms with Gasteiger partial charge in [0.25, 0.3) is 0 Å². The first kappa shape index (κ1) is 17.0. The van der Waals surface area contributed by atoms with Gasteiger partial charge in [0.1, 0.15) is 5.82 Å². The van der Waals surface area contributed by atoms with Gasteiger partial charge in [-0.2, -0.15) is 0 Å². The molecule has 0 saturated heterocycles. The molecule has 1 aromatic rings. The lowest BCUT2D eigenvalue weighted by Gasteiger charge is -2.26. The van der Waals surface area contributed by atoms with Gasteiger partial charge in [0.2, 0.25) is 0 Å². The van der Waals surface area contributed by atoms with Crippen LogP contribution in [0.3, 0.4) is 0 Å². The Labute approximate surface area is 123 Å². The van der Waals surface area contributed by atoms with Gasteiger partial charge in [0.15, 0.2) is 0 Å². The van der Waals surface area contributed by atoms with Crippen LogP contribution in [0.5, 0.6) is 0 Å². The normalized spacial score (nSPS) is 12.0. The monoisotopic (exact) mass is 280 g/mol. The molecule has 114 valence electrons. The van der Waals surface area contributed by atoms with E-state index in [9.17, 15) is 4.39 Å². The molecule has 0 unspecified atom stereocenters. The summed E-state index contributed by atoms with van der Waals surface area (Å²) in [7, 11) is 2.08. The molecular formula is C17H29FN2. The first-order valence-electron chi connectivity index (χ1n) is 7.43. The number of benzene rings is 1. The summed E-state index contributed by atoms with van der Waals surface area (Å²) < 4.78 is 13.5. The van der Waals surface area contributed by atoms with Gasteiger partial charge in [-0.1, -0.05) is 13.8 Å². The van der Waals surface area contributed by atoms with Crippen molar-refractivity contribution in [1.29, 1.82) is 0 Å². The summed E-state index contributed by atoms with van der Waals surface area (Å²) in [5, 5.41) is 3.43. The van der Waals surface area contributed by atoms with Crippen molar-refractivity contribution in [3.05, 3.63) is 29.6 Å². The highest BCUT2D eigenvalue weighted by Gasteiger charge is 2.13. The van der Waals surface area contributed by atoms with Crippen molar-refractivity contribution in [2.45, 2.75) is 53.1 Å². The number of nitrogens with one attached hydrogen (secondary N) is 1. The molecule has 0 aromatic heterocycles. The van der Waals surface area contributed by atoms with E-state index >= 15 is 0 Å². The standard InChI is InChI=1S/C17H29FN2/c1-13(2)9-10-20(6)16-8-7-15(18)11-14(16)12-19-17(3,4)5/h7-8,11,13,19H,9-10,12H2,1-6H3. The number of rotatable bonds is 6. The van der Waals surface area contributed by atoms with Crippen LogP contribution in [0.4, 0.5) is 10.1 Å². The molecule has 3 heteroatoms. The maximum absolute atomic E-state index is 13.5. The van der Waals surface area contributed by atoms with Crippen molar-refractivity contribution >= 4 is 5.69 Å². The molecule has 1 aromatic carbocycles. The molecule has 0 saturated carbocycles. The molecular weight excluding hydrogens is 251 g/mol. The molecule has 0 bridgehead atoms. The highest BCUT2D eigenvalue weighted by molar-refractivity contribution is 5.53. The fourth-order valence-electron chi connectivity index (χ4n) is 2.00. The van der Waals surface area contributed by atoms with E-state index in [1.165, 1.54) is 0 Å². The van der Waals surface area contributed by atoms with Crippen LogP contribution in [0, 0.1) is 11.7 Å². The lowest BCUT2D eigenvalue weighted by Crippen LogP contribution is -2.35. The molecule has 0 spiro atoms. The smallest absolute Gasteiger partial charge is 0.123 e. The summed E-state index contributed by atoms with van der Waals surface area (Å²) in [5.41, 5.74) is 2.16. The number of anilines is 1. The van der Waals surface area contributed by atoms with Crippen molar-refractivity contribution in [1.82, 2.24) is 5.32 Å². The molecule has 1 rings (SSSR count). The van der Waals surface area contributed by atoms with Gasteiger partial charge in [0, 0.05) is 31.4 Å². The zero-order chi connectivity index (χ0) is 15.3. The zero-order valence-corrected chi connectivity index (χ0v) is 13.8. The van der Waals surface area contributed by atoms with Crippen LogP contribution in [0.15, 0.2) is 18.2 Å². The molecule has 0 radical (unpaired) electrons. The Morgan fingerprint density at radius 3 is 2.45 bits per heavy atom.